The SMILES string of the molecule is O=C(OCc1ccccc1)N(c1nc(Cl)ncc1[N+](=O)[O-])C1CC1. The van der Waals surface area contributed by atoms with E-state index in [1.807, 2.05) is 30.3 Å². The number of hydrogen-bond acceptors (Lipinski definition) is 6. The Morgan fingerprint density at radius 1 is 1.38 bits per heavy atom. The number of halogens is 1. The Morgan fingerprint density at radius 3 is 2.71 bits per heavy atom. The highest BCUT2D eigenvalue weighted by Crippen LogP contribution is 2.36. The van der Waals surface area contributed by atoms with E-state index in [2.05, 4.69) is 9.97 Å². The summed E-state index contributed by atoms with van der Waals surface area (Å²) in [5.41, 5.74) is 0.430. The summed E-state index contributed by atoms with van der Waals surface area (Å²) in [5.74, 6) is -0.138. The van der Waals surface area contributed by atoms with Gasteiger partial charge in [-0.1, -0.05) is 30.3 Å². The van der Waals surface area contributed by atoms with Crippen LogP contribution in [0.3, 0.4) is 0 Å². The van der Waals surface area contributed by atoms with Gasteiger partial charge in [-0.2, -0.15) is 4.98 Å². The first-order chi connectivity index (χ1) is 11.6. The van der Waals surface area contributed by atoms with E-state index in [1.54, 1.807) is 0 Å². The molecule has 1 amide bonds. The molecule has 0 bridgehead atoms. The molecule has 24 heavy (non-hydrogen) atoms. The summed E-state index contributed by atoms with van der Waals surface area (Å²) in [5, 5.41) is 11.0. The lowest BCUT2D eigenvalue weighted by atomic mass is 10.2. The highest BCUT2D eigenvalue weighted by molar-refractivity contribution is 6.28. The van der Waals surface area contributed by atoms with Gasteiger partial charge in [0.1, 0.15) is 12.8 Å². The maximum atomic E-state index is 12.5. The first kappa shape index (κ1) is 16.1. The smallest absolute Gasteiger partial charge is 0.416 e. The molecule has 1 aromatic heterocycles. The third-order valence-electron chi connectivity index (χ3n) is 3.46. The van der Waals surface area contributed by atoms with Crippen LogP contribution in [0.15, 0.2) is 36.5 Å². The summed E-state index contributed by atoms with van der Waals surface area (Å²) in [6, 6.07) is 8.97. The van der Waals surface area contributed by atoms with Gasteiger partial charge in [-0.05, 0) is 30.0 Å². The second kappa shape index (κ2) is 6.79. The number of anilines is 1. The van der Waals surface area contributed by atoms with Gasteiger partial charge in [0.05, 0.1) is 4.92 Å². The Balaban J connectivity index is 1.84. The number of nitrogens with zero attached hydrogens (tertiary/aromatic N) is 4. The lowest BCUT2D eigenvalue weighted by molar-refractivity contribution is -0.384. The number of carbonyl (C=O) groups is 1. The minimum absolute atomic E-state index is 0.0650. The number of aromatic nitrogens is 2. The van der Waals surface area contributed by atoms with Crippen LogP contribution < -0.4 is 4.90 Å². The van der Waals surface area contributed by atoms with E-state index in [1.165, 1.54) is 4.90 Å². The van der Waals surface area contributed by atoms with Crippen LogP contribution in [0.4, 0.5) is 16.3 Å². The number of nitro groups is 1. The highest BCUT2D eigenvalue weighted by Gasteiger charge is 2.39. The highest BCUT2D eigenvalue weighted by atomic mass is 35.5. The average molecular weight is 349 g/mol. The van der Waals surface area contributed by atoms with Crippen molar-refractivity contribution in [1.29, 1.82) is 0 Å². The zero-order valence-corrected chi connectivity index (χ0v) is 13.2. The third kappa shape index (κ3) is 3.60. The quantitative estimate of drug-likeness (QED) is 0.467. The zero-order valence-electron chi connectivity index (χ0n) is 12.5. The molecule has 9 heteroatoms. The molecule has 1 fully saturated rings. The molecule has 0 saturated heterocycles. The van der Waals surface area contributed by atoms with Crippen molar-refractivity contribution in [2.24, 2.45) is 0 Å². The molecular formula is C15H13ClN4O4. The van der Waals surface area contributed by atoms with Crippen LogP contribution in [0.25, 0.3) is 0 Å². The average Bonchev–Trinajstić information content (AvgIpc) is 3.39. The standard InChI is InChI=1S/C15H13ClN4O4/c16-14-17-8-12(20(22)23)13(18-14)19(11-6-7-11)15(21)24-9-10-4-2-1-3-5-10/h1-5,8,11H,6-7,9H2. The van der Waals surface area contributed by atoms with Gasteiger partial charge < -0.3 is 4.74 Å². The fourth-order valence-corrected chi connectivity index (χ4v) is 2.31. The molecule has 0 radical (unpaired) electrons. The van der Waals surface area contributed by atoms with Crippen LogP contribution in [0, 0.1) is 10.1 Å². The molecule has 0 aliphatic heterocycles. The summed E-state index contributed by atoms with van der Waals surface area (Å²) in [6.45, 7) is 0.0650. The van der Waals surface area contributed by atoms with E-state index < -0.39 is 11.0 Å². The topological polar surface area (TPSA) is 98.5 Å². The molecule has 1 aliphatic rings. The molecule has 2 aromatic rings. The number of hydrogen-bond donors (Lipinski definition) is 0. The van der Waals surface area contributed by atoms with Gasteiger partial charge in [-0.25, -0.2) is 9.78 Å². The molecule has 124 valence electrons. The van der Waals surface area contributed by atoms with Gasteiger partial charge in [0.15, 0.2) is 0 Å². The van der Waals surface area contributed by atoms with E-state index in [0.717, 1.165) is 24.6 Å². The van der Waals surface area contributed by atoms with Gasteiger partial charge in [-0.3, -0.25) is 15.0 Å². The molecule has 8 nitrogen and oxygen atoms in total. The molecular weight excluding hydrogens is 336 g/mol. The van der Waals surface area contributed by atoms with Crippen molar-refractivity contribution in [2.75, 3.05) is 4.90 Å². The summed E-state index contributed by atoms with van der Waals surface area (Å²) >= 11 is 5.74. The summed E-state index contributed by atoms with van der Waals surface area (Å²) < 4.78 is 5.28. The molecule has 3 rings (SSSR count). The normalized spacial score (nSPS) is 13.4. The van der Waals surface area contributed by atoms with Crippen molar-refractivity contribution in [2.45, 2.75) is 25.5 Å². The predicted octanol–water partition coefficient (Wildman–Crippen LogP) is 3.34. The Labute approximate surface area is 142 Å². The van der Waals surface area contributed by atoms with Gasteiger partial charge in [-0.15, -0.1) is 0 Å². The molecule has 1 aliphatic carbocycles. The summed E-state index contributed by atoms with van der Waals surface area (Å²) in [6.07, 6.45) is 1.74. The van der Waals surface area contributed by atoms with Crippen molar-refractivity contribution < 1.29 is 14.5 Å². The van der Waals surface area contributed by atoms with Crippen LogP contribution in [-0.2, 0) is 11.3 Å². The van der Waals surface area contributed by atoms with Gasteiger partial charge in [0, 0.05) is 6.04 Å². The Hall–Kier alpha value is -2.74. The number of rotatable bonds is 5. The second-order valence-corrected chi connectivity index (χ2v) is 5.58. The molecule has 1 heterocycles. The lowest BCUT2D eigenvalue weighted by Crippen LogP contribution is -2.35. The number of ether oxygens (including phenoxy) is 1. The lowest BCUT2D eigenvalue weighted by Gasteiger charge is -2.20. The van der Waals surface area contributed by atoms with Crippen molar-refractivity contribution in [3.63, 3.8) is 0 Å². The first-order valence-electron chi connectivity index (χ1n) is 7.23. The largest absolute Gasteiger partial charge is 0.444 e. The maximum absolute atomic E-state index is 12.5. The summed E-state index contributed by atoms with van der Waals surface area (Å²) in [4.78, 5) is 31.7. The minimum atomic E-state index is -0.695. The third-order valence-corrected chi connectivity index (χ3v) is 3.64. The second-order valence-electron chi connectivity index (χ2n) is 5.25. The van der Waals surface area contributed by atoms with Crippen molar-refractivity contribution >= 4 is 29.2 Å². The number of carbonyl (C=O) groups excluding carboxylic acids is 1. The van der Waals surface area contributed by atoms with Gasteiger partial charge in [0.2, 0.25) is 11.1 Å². The van der Waals surface area contributed by atoms with E-state index in [0.29, 0.717) is 0 Å². The molecule has 0 unspecified atom stereocenters. The monoisotopic (exact) mass is 348 g/mol. The minimum Gasteiger partial charge on any atom is -0.444 e. The van der Waals surface area contributed by atoms with E-state index in [9.17, 15) is 14.9 Å². The number of amides is 1. The fourth-order valence-electron chi connectivity index (χ4n) is 2.18. The van der Waals surface area contributed by atoms with Crippen LogP contribution in [-0.4, -0.2) is 27.0 Å². The Kier molecular flexibility index (Phi) is 4.57. The van der Waals surface area contributed by atoms with Gasteiger partial charge in [0.25, 0.3) is 0 Å². The van der Waals surface area contributed by atoms with Crippen molar-refractivity contribution in [3.8, 4) is 0 Å². The van der Waals surface area contributed by atoms with Crippen LogP contribution >= 0.6 is 11.6 Å². The maximum Gasteiger partial charge on any atom is 0.416 e. The zero-order chi connectivity index (χ0) is 17.1. The first-order valence-corrected chi connectivity index (χ1v) is 7.61. The van der Waals surface area contributed by atoms with Gasteiger partial charge >= 0.3 is 11.8 Å². The molecule has 1 aromatic carbocycles. The Morgan fingerprint density at radius 2 is 2.08 bits per heavy atom. The predicted molar refractivity (Wildman–Crippen MR) is 85.8 cm³/mol. The molecule has 0 N–H and O–H groups in total. The molecule has 0 spiro atoms. The summed E-state index contributed by atoms with van der Waals surface area (Å²) in [7, 11) is 0. The van der Waals surface area contributed by atoms with Crippen molar-refractivity contribution in [3.05, 3.63) is 57.5 Å². The molecule has 1 saturated carbocycles. The molecule has 0 atom stereocenters. The van der Waals surface area contributed by atoms with E-state index in [-0.39, 0.29) is 29.4 Å². The van der Waals surface area contributed by atoms with E-state index >= 15 is 0 Å². The van der Waals surface area contributed by atoms with Crippen LogP contribution in [0.5, 0.6) is 0 Å². The fraction of sp³-hybridized carbons (Fsp3) is 0.267. The van der Waals surface area contributed by atoms with E-state index in [4.69, 9.17) is 16.3 Å². The van der Waals surface area contributed by atoms with Crippen molar-refractivity contribution in [1.82, 2.24) is 9.97 Å². The Bertz CT molecular complexity index is 767. The van der Waals surface area contributed by atoms with Crippen LogP contribution in [0.1, 0.15) is 18.4 Å². The van der Waals surface area contributed by atoms with Crippen LogP contribution in [0.2, 0.25) is 5.28 Å². The number of benzene rings is 1.